The SMILES string of the molecule is COc1ccc(F)c(-c2ccc(-c3cc4ccc(C(C5CC5)[C@H](C)C(=O)O)cc4o3)cc2)c1. The third kappa shape index (κ3) is 4.11. The Morgan fingerprint density at radius 1 is 1.03 bits per heavy atom. The van der Waals surface area contributed by atoms with E-state index < -0.39 is 11.9 Å². The van der Waals surface area contributed by atoms with Gasteiger partial charge in [-0.1, -0.05) is 43.3 Å². The van der Waals surface area contributed by atoms with Crippen LogP contribution in [0.2, 0.25) is 0 Å². The van der Waals surface area contributed by atoms with Crippen LogP contribution in [0.25, 0.3) is 33.4 Å². The fraction of sp³-hybridized carbons (Fsp3) is 0.250. The predicted molar refractivity (Wildman–Crippen MR) is 126 cm³/mol. The highest BCUT2D eigenvalue weighted by Gasteiger charge is 2.38. The van der Waals surface area contributed by atoms with Gasteiger partial charge >= 0.3 is 5.97 Å². The van der Waals surface area contributed by atoms with Crippen molar-refractivity contribution in [1.29, 1.82) is 0 Å². The van der Waals surface area contributed by atoms with E-state index in [1.165, 1.54) is 6.07 Å². The second-order valence-electron chi connectivity index (χ2n) is 8.82. The number of hydrogen-bond acceptors (Lipinski definition) is 3. The number of rotatable bonds is 7. The number of methoxy groups -OCH3 is 1. The van der Waals surface area contributed by atoms with E-state index in [9.17, 15) is 14.3 Å². The van der Waals surface area contributed by atoms with Crippen LogP contribution in [0.5, 0.6) is 5.75 Å². The molecule has 0 spiro atoms. The maximum Gasteiger partial charge on any atom is 0.306 e. The first-order chi connectivity index (χ1) is 15.9. The van der Waals surface area contributed by atoms with Crippen molar-refractivity contribution in [2.45, 2.75) is 25.7 Å². The van der Waals surface area contributed by atoms with Crippen molar-refractivity contribution in [2.75, 3.05) is 7.11 Å². The minimum absolute atomic E-state index is 0.00232. The number of halogens is 1. The zero-order chi connectivity index (χ0) is 23.1. The predicted octanol–water partition coefficient (Wildman–Crippen LogP) is 7.13. The summed E-state index contributed by atoms with van der Waals surface area (Å²) < 4.78 is 25.7. The van der Waals surface area contributed by atoms with Gasteiger partial charge in [-0.15, -0.1) is 0 Å². The third-order valence-electron chi connectivity index (χ3n) is 6.64. The third-order valence-corrected chi connectivity index (χ3v) is 6.64. The summed E-state index contributed by atoms with van der Waals surface area (Å²) in [5.74, 6) is 0.235. The smallest absolute Gasteiger partial charge is 0.306 e. The number of furan rings is 1. The molecule has 1 heterocycles. The molecular formula is C28H25FO4. The van der Waals surface area contributed by atoms with Crippen LogP contribution in [0.15, 0.2) is 71.1 Å². The van der Waals surface area contributed by atoms with Crippen LogP contribution in [0.3, 0.4) is 0 Å². The van der Waals surface area contributed by atoms with Crippen LogP contribution in [0, 0.1) is 17.7 Å². The zero-order valence-corrected chi connectivity index (χ0v) is 18.5. The molecule has 5 heteroatoms. The number of carbonyl (C=O) groups is 1. The molecule has 0 aliphatic heterocycles. The zero-order valence-electron chi connectivity index (χ0n) is 18.5. The summed E-state index contributed by atoms with van der Waals surface area (Å²) in [4.78, 5) is 11.6. The van der Waals surface area contributed by atoms with E-state index in [1.54, 1.807) is 26.2 Å². The summed E-state index contributed by atoms with van der Waals surface area (Å²) in [6.45, 7) is 1.79. The lowest BCUT2D eigenvalue weighted by Crippen LogP contribution is -2.20. The average Bonchev–Trinajstić information content (AvgIpc) is 3.56. The maximum absolute atomic E-state index is 14.3. The van der Waals surface area contributed by atoms with E-state index in [1.807, 2.05) is 48.5 Å². The molecule has 5 rings (SSSR count). The van der Waals surface area contributed by atoms with E-state index in [0.29, 0.717) is 23.0 Å². The van der Waals surface area contributed by atoms with Crippen molar-refractivity contribution in [3.05, 3.63) is 78.1 Å². The number of fused-ring (bicyclic) bond motifs is 1. The Labute approximate surface area is 191 Å². The van der Waals surface area contributed by atoms with Gasteiger partial charge in [0.15, 0.2) is 0 Å². The minimum Gasteiger partial charge on any atom is -0.497 e. The average molecular weight is 445 g/mol. The second kappa shape index (κ2) is 8.39. The van der Waals surface area contributed by atoms with Crippen molar-refractivity contribution < 1.29 is 23.4 Å². The summed E-state index contributed by atoms with van der Waals surface area (Å²) in [6.07, 6.45) is 2.15. The molecule has 1 N–H and O–H groups in total. The van der Waals surface area contributed by atoms with Crippen LogP contribution in [-0.4, -0.2) is 18.2 Å². The lowest BCUT2D eigenvalue weighted by Gasteiger charge is -2.21. The Morgan fingerprint density at radius 3 is 2.42 bits per heavy atom. The molecule has 2 atom stereocenters. The second-order valence-corrected chi connectivity index (χ2v) is 8.82. The van der Waals surface area contributed by atoms with Gasteiger partial charge in [-0.25, -0.2) is 4.39 Å². The van der Waals surface area contributed by atoms with E-state index in [2.05, 4.69) is 0 Å². The van der Waals surface area contributed by atoms with Crippen molar-refractivity contribution >= 4 is 16.9 Å². The first-order valence-electron chi connectivity index (χ1n) is 11.1. The molecule has 4 aromatic rings. The van der Waals surface area contributed by atoms with Gasteiger partial charge in [0.2, 0.25) is 0 Å². The Morgan fingerprint density at radius 2 is 1.76 bits per heavy atom. The van der Waals surface area contributed by atoms with Gasteiger partial charge in [-0.2, -0.15) is 0 Å². The molecule has 1 aliphatic rings. The van der Waals surface area contributed by atoms with E-state index in [-0.39, 0.29) is 11.7 Å². The van der Waals surface area contributed by atoms with Gasteiger partial charge in [0.25, 0.3) is 0 Å². The molecule has 1 fully saturated rings. The highest BCUT2D eigenvalue weighted by Crippen LogP contribution is 2.47. The minimum atomic E-state index is -0.764. The Hall–Kier alpha value is -3.60. The first kappa shape index (κ1) is 21.3. The van der Waals surface area contributed by atoms with Gasteiger partial charge in [-0.3, -0.25) is 4.79 Å². The summed E-state index contributed by atoms with van der Waals surface area (Å²) in [5.41, 5.74) is 3.88. The number of hydrogen-bond donors (Lipinski definition) is 1. The maximum atomic E-state index is 14.3. The molecular weight excluding hydrogens is 419 g/mol. The fourth-order valence-corrected chi connectivity index (χ4v) is 4.64. The Kier molecular flexibility index (Phi) is 5.41. The molecule has 1 unspecified atom stereocenters. The number of benzene rings is 3. The number of carboxylic acids is 1. The van der Waals surface area contributed by atoms with Crippen LogP contribution < -0.4 is 4.74 Å². The van der Waals surface area contributed by atoms with Gasteiger partial charge < -0.3 is 14.3 Å². The largest absolute Gasteiger partial charge is 0.497 e. The molecule has 1 aromatic heterocycles. The van der Waals surface area contributed by atoms with E-state index in [4.69, 9.17) is 9.15 Å². The highest BCUT2D eigenvalue weighted by atomic mass is 19.1. The first-order valence-corrected chi connectivity index (χ1v) is 11.1. The standard InChI is InChI=1S/C28H25FO4/c1-16(28(30)31)27(19-7-8-19)21-10-9-20-13-25(33-26(20)14-21)18-5-3-17(4-6-18)23-15-22(32-2)11-12-24(23)29/h3-6,9-16,19,27H,7-8H2,1-2H3,(H,30,31)/t16-,27?/m0/s1. The molecule has 0 bridgehead atoms. The molecule has 3 aromatic carbocycles. The Balaban J connectivity index is 1.45. The Bertz CT molecular complexity index is 1320. The quantitative estimate of drug-likeness (QED) is 0.329. The molecule has 0 radical (unpaired) electrons. The summed E-state index contributed by atoms with van der Waals surface area (Å²) in [7, 11) is 1.56. The summed E-state index contributed by atoms with van der Waals surface area (Å²) >= 11 is 0. The van der Waals surface area contributed by atoms with E-state index in [0.717, 1.165) is 40.5 Å². The molecule has 168 valence electrons. The van der Waals surface area contributed by atoms with Gasteiger partial charge in [-0.05, 0) is 66.1 Å². The molecule has 33 heavy (non-hydrogen) atoms. The topological polar surface area (TPSA) is 59.7 Å². The number of ether oxygens (including phenoxy) is 1. The summed E-state index contributed by atoms with van der Waals surface area (Å²) in [6, 6.07) is 20.2. The van der Waals surface area contributed by atoms with Crippen LogP contribution in [0.4, 0.5) is 4.39 Å². The van der Waals surface area contributed by atoms with Gasteiger partial charge in [0, 0.05) is 16.5 Å². The molecule has 1 aliphatic carbocycles. The lowest BCUT2D eigenvalue weighted by atomic mass is 9.83. The number of carboxylic acid groups (broad SMARTS) is 1. The molecule has 4 nitrogen and oxygen atoms in total. The van der Waals surface area contributed by atoms with Crippen LogP contribution in [0.1, 0.15) is 31.2 Å². The molecule has 0 amide bonds. The van der Waals surface area contributed by atoms with E-state index >= 15 is 0 Å². The highest BCUT2D eigenvalue weighted by molar-refractivity contribution is 5.84. The van der Waals surface area contributed by atoms with Crippen molar-refractivity contribution in [3.8, 4) is 28.2 Å². The lowest BCUT2D eigenvalue weighted by molar-refractivity contribution is -0.142. The van der Waals surface area contributed by atoms with Gasteiger partial charge in [0.1, 0.15) is 22.9 Å². The number of aliphatic carboxylic acids is 1. The fourth-order valence-electron chi connectivity index (χ4n) is 4.64. The molecule has 0 saturated heterocycles. The van der Waals surface area contributed by atoms with Crippen molar-refractivity contribution in [2.24, 2.45) is 11.8 Å². The van der Waals surface area contributed by atoms with Crippen LogP contribution in [-0.2, 0) is 4.79 Å². The monoisotopic (exact) mass is 444 g/mol. The normalized spacial score (nSPS) is 15.4. The van der Waals surface area contributed by atoms with Crippen molar-refractivity contribution in [3.63, 3.8) is 0 Å². The molecule has 1 saturated carbocycles. The van der Waals surface area contributed by atoms with Crippen molar-refractivity contribution in [1.82, 2.24) is 0 Å². The summed E-state index contributed by atoms with van der Waals surface area (Å²) in [5, 5.41) is 10.5. The van der Waals surface area contributed by atoms with Crippen LogP contribution >= 0.6 is 0 Å². The van der Waals surface area contributed by atoms with Gasteiger partial charge in [0.05, 0.1) is 13.0 Å².